The lowest BCUT2D eigenvalue weighted by atomic mass is 10.0. The SMILES string of the molecule is COc1cccc(CN2CCC(Nc3ccnc(C4CC4)n3)CC2)c1. The predicted octanol–water partition coefficient (Wildman–Crippen LogP) is 3.44. The maximum Gasteiger partial charge on any atom is 0.133 e. The molecular weight excluding hydrogens is 312 g/mol. The summed E-state index contributed by atoms with van der Waals surface area (Å²) in [6, 6.07) is 10.9. The van der Waals surface area contributed by atoms with Gasteiger partial charge in [0.15, 0.2) is 0 Å². The van der Waals surface area contributed by atoms with E-state index in [0.717, 1.165) is 49.9 Å². The van der Waals surface area contributed by atoms with E-state index in [-0.39, 0.29) is 0 Å². The Bertz CT molecular complexity index is 708. The van der Waals surface area contributed by atoms with Crippen LogP contribution in [-0.4, -0.2) is 41.1 Å². The number of nitrogens with one attached hydrogen (secondary N) is 1. The van der Waals surface area contributed by atoms with E-state index in [1.165, 1.54) is 18.4 Å². The molecule has 5 nitrogen and oxygen atoms in total. The van der Waals surface area contributed by atoms with Gasteiger partial charge in [-0.15, -0.1) is 0 Å². The fraction of sp³-hybridized carbons (Fsp3) is 0.500. The molecule has 2 heterocycles. The van der Waals surface area contributed by atoms with Gasteiger partial charge in [0.05, 0.1) is 7.11 Å². The standard InChI is InChI=1S/C20H26N4O/c1-25-18-4-2-3-15(13-18)14-24-11-8-17(9-12-24)22-19-7-10-21-20(23-19)16-5-6-16/h2-4,7,10,13,16-17H,5-6,8-9,11-12,14H2,1H3,(H,21,22,23). The van der Waals surface area contributed by atoms with Gasteiger partial charge in [0.2, 0.25) is 0 Å². The third-order valence-electron chi connectivity index (χ3n) is 5.10. The summed E-state index contributed by atoms with van der Waals surface area (Å²) in [5.74, 6) is 3.54. The van der Waals surface area contributed by atoms with Gasteiger partial charge in [0.1, 0.15) is 17.4 Å². The highest BCUT2D eigenvalue weighted by atomic mass is 16.5. The van der Waals surface area contributed by atoms with Crippen LogP contribution in [-0.2, 0) is 6.54 Å². The summed E-state index contributed by atoms with van der Waals surface area (Å²) < 4.78 is 5.32. The molecule has 5 heteroatoms. The molecule has 132 valence electrons. The summed E-state index contributed by atoms with van der Waals surface area (Å²) in [6.45, 7) is 3.20. The number of hydrogen-bond donors (Lipinski definition) is 1. The largest absolute Gasteiger partial charge is 0.497 e. The van der Waals surface area contributed by atoms with Crippen LogP contribution in [0, 0.1) is 0 Å². The Morgan fingerprint density at radius 2 is 2.00 bits per heavy atom. The Kier molecular flexibility index (Phi) is 4.83. The summed E-state index contributed by atoms with van der Waals surface area (Å²) >= 11 is 0. The minimum Gasteiger partial charge on any atom is -0.497 e. The number of rotatable bonds is 6. The van der Waals surface area contributed by atoms with E-state index in [1.807, 2.05) is 18.3 Å². The van der Waals surface area contributed by atoms with Crippen LogP contribution in [0.5, 0.6) is 5.75 Å². The highest BCUT2D eigenvalue weighted by molar-refractivity contribution is 5.35. The van der Waals surface area contributed by atoms with Crippen LogP contribution < -0.4 is 10.1 Å². The minimum absolute atomic E-state index is 0.503. The number of ether oxygens (including phenoxy) is 1. The first-order chi connectivity index (χ1) is 12.3. The highest BCUT2D eigenvalue weighted by Crippen LogP contribution is 2.38. The lowest BCUT2D eigenvalue weighted by Crippen LogP contribution is -2.38. The Labute approximate surface area is 149 Å². The number of methoxy groups -OCH3 is 1. The number of anilines is 1. The Hall–Kier alpha value is -2.14. The van der Waals surface area contributed by atoms with Crippen molar-refractivity contribution in [1.82, 2.24) is 14.9 Å². The molecule has 0 amide bonds. The fourth-order valence-corrected chi connectivity index (χ4v) is 3.47. The number of likely N-dealkylation sites (tertiary alicyclic amines) is 1. The second kappa shape index (κ2) is 7.40. The molecule has 1 N–H and O–H groups in total. The highest BCUT2D eigenvalue weighted by Gasteiger charge is 2.27. The molecule has 4 rings (SSSR count). The number of piperidine rings is 1. The van der Waals surface area contributed by atoms with Crippen molar-refractivity contribution in [2.75, 3.05) is 25.5 Å². The van der Waals surface area contributed by atoms with Gasteiger partial charge in [-0.2, -0.15) is 0 Å². The Morgan fingerprint density at radius 1 is 1.16 bits per heavy atom. The normalized spacial score (nSPS) is 18.9. The summed E-state index contributed by atoms with van der Waals surface area (Å²) in [7, 11) is 1.72. The monoisotopic (exact) mass is 338 g/mol. The van der Waals surface area contributed by atoms with Gasteiger partial charge >= 0.3 is 0 Å². The summed E-state index contributed by atoms with van der Waals surface area (Å²) in [6.07, 6.45) is 6.67. The third kappa shape index (κ3) is 4.28. The van der Waals surface area contributed by atoms with Crippen LogP contribution in [0.15, 0.2) is 36.5 Å². The molecule has 1 saturated heterocycles. The van der Waals surface area contributed by atoms with Gasteiger partial charge in [0.25, 0.3) is 0 Å². The molecule has 2 aromatic rings. The fourth-order valence-electron chi connectivity index (χ4n) is 3.47. The van der Waals surface area contributed by atoms with Crippen LogP contribution in [0.25, 0.3) is 0 Å². The molecule has 2 aliphatic rings. The molecule has 1 aromatic carbocycles. The zero-order valence-corrected chi connectivity index (χ0v) is 14.8. The smallest absolute Gasteiger partial charge is 0.133 e. The zero-order chi connectivity index (χ0) is 17.1. The zero-order valence-electron chi connectivity index (χ0n) is 14.8. The van der Waals surface area contributed by atoms with Crippen molar-refractivity contribution in [3.8, 4) is 5.75 Å². The first-order valence-corrected chi connectivity index (χ1v) is 9.25. The van der Waals surface area contributed by atoms with Crippen molar-refractivity contribution in [2.45, 2.75) is 44.2 Å². The molecule has 0 unspecified atom stereocenters. The second-order valence-electron chi connectivity index (χ2n) is 7.12. The van der Waals surface area contributed by atoms with Crippen molar-refractivity contribution in [3.63, 3.8) is 0 Å². The molecule has 2 fully saturated rings. The van der Waals surface area contributed by atoms with Gasteiger partial charge in [-0.25, -0.2) is 9.97 Å². The molecule has 25 heavy (non-hydrogen) atoms. The molecule has 0 spiro atoms. The second-order valence-corrected chi connectivity index (χ2v) is 7.12. The maximum atomic E-state index is 5.32. The number of benzene rings is 1. The molecule has 0 atom stereocenters. The summed E-state index contributed by atoms with van der Waals surface area (Å²) in [5, 5.41) is 3.61. The van der Waals surface area contributed by atoms with Crippen molar-refractivity contribution in [2.24, 2.45) is 0 Å². The average molecular weight is 338 g/mol. The van der Waals surface area contributed by atoms with E-state index in [9.17, 15) is 0 Å². The molecule has 0 bridgehead atoms. The van der Waals surface area contributed by atoms with Gasteiger partial charge in [0, 0.05) is 37.8 Å². The van der Waals surface area contributed by atoms with E-state index in [1.54, 1.807) is 7.11 Å². The summed E-state index contributed by atoms with van der Waals surface area (Å²) in [5.41, 5.74) is 1.32. The Balaban J connectivity index is 1.28. The van der Waals surface area contributed by atoms with Crippen molar-refractivity contribution < 1.29 is 4.74 Å². The van der Waals surface area contributed by atoms with Crippen LogP contribution in [0.4, 0.5) is 5.82 Å². The molecule has 1 saturated carbocycles. The summed E-state index contributed by atoms with van der Waals surface area (Å²) in [4.78, 5) is 11.6. The van der Waals surface area contributed by atoms with Gasteiger partial charge in [-0.1, -0.05) is 12.1 Å². The van der Waals surface area contributed by atoms with Crippen LogP contribution in [0.3, 0.4) is 0 Å². The quantitative estimate of drug-likeness (QED) is 0.874. The topological polar surface area (TPSA) is 50.3 Å². The van der Waals surface area contributed by atoms with Crippen LogP contribution in [0.2, 0.25) is 0 Å². The lowest BCUT2D eigenvalue weighted by molar-refractivity contribution is 0.211. The Morgan fingerprint density at radius 3 is 2.76 bits per heavy atom. The van der Waals surface area contributed by atoms with E-state index in [4.69, 9.17) is 4.74 Å². The van der Waals surface area contributed by atoms with E-state index in [2.05, 4.69) is 38.4 Å². The predicted molar refractivity (Wildman–Crippen MR) is 98.9 cm³/mol. The van der Waals surface area contributed by atoms with Crippen LogP contribution in [0.1, 0.15) is 43.0 Å². The van der Waals surface area contributed by atoms with Crippen molar-refractivity contribution in [1.29, 1.82) is 0 Å². The van der Waals surface area contributed by atoms with Gasteiger partial charge in [-0.05, 0) is 49.4 Å². The molecule has 1 aliphatic heterocycles. The van der Waals surface area contributed by atoms with E-state index < -0.39 is 0 Å². The maximum absolute atomic E-state index is 5.32. The lowest BCUT2D eigenvalue weighted by Gasteiger charge is -2.32. The number of aromatic nitrogens is 2. The molecule has 1 aromatic heterocycles. The van der Waals surface area contributed by atoms with Crippen molar-refractivity contribution in [3.05, 3.63) is 47.9 Å². The number of hydrogen-bond acceptors (Lipinski definition) is 5. The first-order valence-electron chi connectivity index (χ1n) is 9.25. The third-order valence-corrected chi connectivity index (χ3v) is 5.10. The van der Waals surface area contributed by atoms with Crippen LogP contribution >= 0.6 is 0 Å². The van der Waals surface area contributed by atoms with E-state index >= 15 is 0 Å². The van der Waals surface area contributed by atoms with Gasteiger partial charge in [-0.3, -0.25) is 4.90 Å². The molecule has 1 aliphatic carbocycles. The van der Waals surface area contributed by atoms with E-state index in [0.29, 0.717) is 12.0 Å². The minimum atomic E-state index is 0.503. The molecular formula is C20H26N4O. The first kappa shape index (κ1) is 16.3. The molecule has 0 radical (unpaired) electrons. The average Bonchev–Trinajstić information content (AvgIpc) is 3.49. The van der Waals surface area contributed by atoms with Crippen molar-refractivity contribution >= 4 is 5.82 Å². The number of nitrogens with zero attached hydrogens (tertiary/aromatic N) is 3. The van der Waals surface area contributed by atoms with Gasteiger partial charge < -0.3 is 10.1 Å².